The highest BCUT2D eigenvalue weighted by molar-refractivity contribution is 5.70. The molecule has 0 saturated heterocycles. The second-order valence-corrected chi connectivity index (χ2v) is 4.43. The SMILES string of the molecule is CC(O)CN(C)Cc1ccc(CC(=O)O)cc1. The van der Waals surface area contributed by atoms with Crippen LogP contribution in [0.15, 0.2) is 24.3 Å². The number of nitrogens with zero attached hydrogens (tertiary/aromatic N) is 1. The fraction of sp³-hybridized carbons (Fsp3) is 0.462. The highest BCUT2D eigenvalue weighted by Gasteiger charge is 2.04. The molecule has 0 aromatic heterocycles. The van der Waals surface area contributed by atoms with Crippen molar-refractivity contribution in [1.29, 1.82) is 0 Å². The monoisotopic (exact) mass is 237 g/mol. The Morgan fingerprint density at radius 3 is 2.29 bits per heavy atom. The molecule has 0 saturated carbocycles. The van der Waals surface area contributed by atoms with Crippen LogP contribution in [0.3, 0.4) is 0 Å². The molecule has 0 radical (unpaired) electrons. The first-order valence-electron chi connectivity index (χ1n) is 5.63. The minimum atomic E-state index is -0.816. The maximum absolute atomic E-state index is 10.5. The smallest absolute Gasteiger partial charge is 0.307 e. The summed E-state index contributed by atoms with van der Waals surface area (Å²) in [5, 5.41) is 17.9. The lowest BCUT2D eigenvalue weighted by Gasteiger charge is -2.18. The summed E-state index contributed by atoms with van der Waals surface area (Å²) in [6, 6.07) is 7.52. The van der Waals surface area contributed by atoms with Crippen LogP contribution in [0.4, 0.5) is 0 Å². The van der Waals surface area contributed by atoms with Gasteiger partial charge in [-0.25, -0.2) is 0 Å². The van der Waals surface area contributed by atoms with Gasteiger partial charge in [-0.2, -0.15) is 0 Å². The van der Waals surface area contributed by atoms with Crippen molar-refractivity contribution in [1.82, 2.24) is 4.90 Å². The zero-order valence-corrected chi connectivity index (χ0v) is 10.3. The average Bonchev–Trinajstić information content (AvgIpc) is 2.18. The lowest BCUT2D eigenvalue weighted by atomic mass is 10.1. The fourth-order valence-corrected chi connectivity index (χ4v) is 1.76. The normalized spacial score (nSPS) is 12.7. The number of likely N-dealkylation sites (N-methyl/N-ethyl adjacent to an activating group) is 1. The van der Waals surface area contributed by atoms with Crippen LogP contribution >= 0.6 is 0 Å². The Kier molecular flexibility index (Phi) is 5.12. The Balaban J connectivity index is 2.53. The molecule has 0 heterocycles. The van der Waals surface area contributed by atoms with Crippen LogP contribution in [0, 0.1) is 0 Å². The molecule has 1 atom stereocenters. The van der Waals surface area contributed by atoms with E-state index in [2.05, 4.69) is 0 Å². The molecule has 2 N–H and O–H groups in total. The third-order valence-corrected chi connectivity index (χ3v) is 2.41. The molecule has 0 aliphatic carbocycles. The standard InChI is InChI=1S/C13H19NO3/c1-10(15)8-14(2)9-12-5-3-11(4-6-12)7-13(16)17/h3-6,10,15H,7-9H2,1-2H3,(H,16,17). The molecule has 0 fully saturated rings. The number of rotatable bonds is 6. The number of aliphatic hydroxyl groups is 1. The van der Waals surface area contributed by atoms with Crippen LogP contribution in [-0.4, -0.2) is 40.8 Å². The zero-order valence-electron chi connectivity index (χ0n) is 10.3. The number of hydrogen-bond acceptors (Lipinski definition) is 3. The lowest BCUT2D eigenvalue weighted by Crippen LogP contribution is -2.26. The van der Waals surface area contributed by atoms with Gasteiger partial charge < -0.3 is 10.2 Å². The highest BCUT2D eigenvalue weighted by atomic mass is 16.4. The molecule has 1 unspecified atom stereocenters. The number of carboxylic acid groups (broad SMARTS) is 1. The van der Waals surface area contributed by atoms with Gasteiger partial charge in [0, 0.05) is 13.1 Å². The molecule has 0 bridgehead atoms. The van der Waals surface area contributed by atoms with Gasteiger partial charge in [-0.15, -0.1) is 0 Å². The van der Waals surface area contributed by atoms with Gasteiger partial charge in [0.1, 0.15) is 0 Å². The first kappa shape index (κ1) is 13.7. The average molecular weight is 237 g/mol. The van der Waals surface area contributed by atoms with Crippen LogP contribution in [-0.2, 0) is 17.8 Å². The van der Waals surface area contributed by atoms with Gasteiger partial charge in [0.15, 0.2) is 0 Å². The highest BCUT2D eigenvalue weighted by Crippen LogP contribution is 2.07. The summed E-state index contributed by atoms with van der Waals surface area (Å²) in [6.07, 6.45) is -0.282. The first-order chi connectivity index (χ1) is 7.97. The number of aliphatic hydroxyl groups excluding tert-OH is 1. The van der Waals surface area contributed by atoms with E-state index in [0.717, 1.165) is 17.7 Å². The van der Waals surface area contributed by atoms with E-state index in [1.165, 1.54) is 0 Å². The predicted octanol–water partition coefficient (Wildman–Crippen LogP) is 1.13. The van der Waals surface area contributed by atoms with Gasteiger partial charge in [0.05, 0.1) is 12.5 Å². The van der Waals surface area contributed by atoms with Crippen molar-refractivity contribution in [2.45, 2.75) is 26.0 Å². The molecule has 4 heteroatoms. The topological polar surface area (TPSA) is 60.8 Å². The molecule has 4 nitrogen and oxygen atoms in total. The Morgan fingerprint density at radius 1 is 1.29 bits per heavy atom. The van der Waals surface area contributed by atoms with E-state index in [1.54, 1.807) is 6.92 Å². The van der Waals surface area contributed by atoms with Crippen molar-refractivity contribution in [3.8, 4) is 0 Å². The summed E-state index contributed by atoms with van der Waals surface area (Å²) in [4.78, 5) is 12.5. The van der Waals surface area contributed by atoms with Gasteiger partial charge in [0.2, 0.25) is 0 Å². The summed E-state index contributed by atoms with van der Waals surface area (Å²) in [6.45, 7) is 3.13. The van der Waals surface area contributed by atoms with Crippen molar-refractivity contribution in [2.24, 2.45) is 0 Å². The van der Waals surface area contributed by atoms with E-state index < -0.39 is 5.97 Å². The predicted molar refractivity (Wildman–Crippen MR) is 65.8 cm³/mol. The lowest BCUT2D eigenvalue weighted by molar-refractivity contribution is -0.136. The van der Waals surface area contributed by atoms with E-state index in [4.69, 9.17) is 5.11 Å². The molecular weight excluding hydrogens is 218 g/mol. The van der Waals surface area contributed by atoms with Crippen LogP contribution in [0.2, 0.25) is 0 Å². The van der Waals surface area contributed by atoms with Crippen molar-refractivity contribution in [3.63, 3.8) is 0 Å². The summed E-state index contributed by atoms with van der Waals surface area (Å²) >= 11 is 0. The number of carboxylic acids is 1. The van der Waals surface area contributed by atoms with Crippen molar-refractivity contribution in [3.05, 3.63) is 35.4 Å². The third kappa shape index (κ3) is 5.47. The van der Waals surface area contributed by atoms with Gasteiger partial charge in [-0.3, -0.25) is 9.69 Å². The molecule has 1 aromatic carbocycles. The maximum Gasteiger partial charge on any atom is 0.307 e. The van der Waals surface area contributed by atoms with E-state index in [9.17, 15) is 9.90 Å². The number of carbonyl (C=O) groups is 1. The molecule has 0 spiro atoms. The summed E-state index contributed by atoms with van der Waals surface area (Å²) in [5.74, 6) is -0.816. The first-order valence-corrected chi connectivity index (χ1v) is 5.63. The van der Waals surface area contributed by atoms with Gasteiger partial charge >= 0.3 is 5.97 Å². The second-order valence-electron chi connectivity index (χ2n) is 4.43. The molecule has 1 aromatic rings. The van der Waals surface area contributed by atoms with Gasteiger partial charge in [-0.05, 0) is 25.1 Å². The van der Waals surface area contributed by atoms with Crippen LogP contribution in [0.25, 0.3) is 0 Å². The van der Waals surface area contributed by atoms with Crippen LogP contribution in [0.1, 0.15) is 18.1 Å². The van der Waals surface area contributed by atoms with E-state index in [0.29, 0.717) is 6.54 Å². The third-order valence-electron chi connectivity index (χ3n) is 2.41. The summed E-state index contributed by atoms with van der Waals surface area (Å²) < 4.78 is 0. The molecule has 0 amide bonds. The van der Waals surface area contributed by atoms with Crippen molar-refractivity contribution >= 4 is 5.97 Å². The zero-order chi connectivity index (χ0) is 12.8. The Bertz CT molecular complexity index is 359. The Hall–Kier alpha value is -1.39. The Morgan fingerprint density at radius 2 is 1.82 bits per heavy atom. The van der Waals surface area contributed by atoms with Crippen molar-refractivity contribution in [2.75, 3.05) is 13.6 Å². The van der Waals surface area contributed by atoms with Crippen LogP contribution in [0.5, 0.6) is 0 Å². The molecular formula is C13H19NO3. The largest absolute Gasteiger partial charge is 0.481 e. The molecule has 17 heavy (non-hydrogen) atoms. The quantitative estimate of drug-likeness (QED) is 0.778. The van der Waals surface area contributed by atoms with Gasteiger partial charge in [-0.1, -0.05) is 24.3 Å². The number of hydrogen-bond donors (Lipinski definition) is 2. The molecule has 0 aliphatic heterocycles. The van der Waals surface area contributed by atoms with E-state index in [1.807, 2.05) is 36.2 Å². The molecule has 94 valence electrons. The number of benzene rings is 1. The van der Waals surface area contributed by atoms with Crippen molar-refractivity contribution < 1.29 is 15.0 Å². The Labute approximate surface area is 101 Å². The van der Waals surface area contributed by atoms with Crippen LogP contribution < -0.4 is 0 Å². The fourth-order valence-electron chi connectivity index (χ4n) is 1.76. The van der Waals surface area contributed by atoms with Gasteiger partial charge in [0.25, 0.3) is 0 Å². The second kappa shape index (κ2) is 6.37. The number of aliphatic carboxylic acids is 1. The molecule has 0 aliphatic rings. The summed E-state index contributed by atoms with van der Waals surface area (Å²) in [5.41, 5.74) is 1.92. The maximum atomic E-state index is 10.5. The summed E-state index contributed by atoms with van der Waals surface area (Å²) in [7, 11) is 1.94. The minimum absolute atomic E-state index is 0.0593. The van der Waals surface area contributed by atoms with E-state index in [-0.39, 0.29) is 12.5 Å². The minimum Gasteiger partial charge on any atom is -0.481 e. The molecule has 1 rings (SSSR count). The van der Waals surface area contributed by atoms with E-state index >= 15 is 0 Å².